The summed E-state index contributed by atoms with van der Waals surface area (Å²) in [6, 6.07) is 4.00. The van der Waals surface area contributed by atoms with Crippen molar-refractivity contribution in [2.75, 3.05) is 26.2 Å². The van der Waals surface area contributed by atoms with Crippen LogP contribution in [0.1, 0.15) is 51.3 Å². The van der Waals surface area contributed by atoms with Crippen LogP contribution < -0.4 is 0 Å². The molecule has 5 nitrogen and oxygen atoms in total. The predicted octanol–water partition coefficient (Wildman–Crippen LogP) is 4.43. The molecule has 6 heteroatoms. The van der Waals surface area contributed by atoms with Crippen molar-refractivity contribution in [1.29, 1.82) is 0 Å². The van der Waals surface area contributed by atoms with Gasteiger partial charge in [0.15, 0.2) is 0 Å². The first-order valence-electron chi connectivity index (χ1n) is 9.16. The molecule has 26 heavy (non-hydrogen) atoms. The lowest BCUT2D eigenvalue weighted by molar-refractivity contribution is -0.132. The number of carbonyl (C=O) groups excluding carboxylic acids is 2. The molecule has 0 aromatic carbocycles. The van der Waals surface area contributed by atoms with Gasteiger partial charge in [-0.3, -0.25) is 4.79 Å². The Morgan fingerprint density at radius 1 is 1.12 bits per heavy atom. The summed E-state index contributed by atoms with van der Waals surface area (Å²) in [5, 5.41) is 0. The number of carbonyl (C=O) groups is 2. The van der Waals surface area contributed by atoms with Crippen LogP contribution in [-0.2, 0) is 16.0 Å². The predicted molar refractivity (Wildman–Crippen MR) is 108 cm³/mol. The van der Waals surface area contributed by atoms with E-state index in [1.54, 1.807) is 16.2 Å². The van der Waals surface area contributed by atoms with Gasteiger partial charge < -0.3 is 14.5 Å². The van der Waals surface area contributed by atoms with E-state index in [0.29, 0.717) is 32.6 Å². The fourth-order valence-corrected chi connectivity index (χ4v) is 3.35. The van der Waals surface area contributed by atoms with Gasteiger partial charge in [0.1, 0.15) is 5.60 Å². The van der Waals surface area contributed by atoms with Crippen molar-refractivity contribution in [3.8, 4) is 0 Å². The van der Waals surface area contributed by atoms with E-state index in [1.165, 1.54) is 0 Å². The van der Waals surface area contributed by atoms with Gasteiger partial charge in [-0.15, -0.1) is 11.3 Å². The molecule has 0 radical (unpaired) electrons. The Morgan fingerprint density at radius 3 is 2.12 bits per heavy atom. The first kappa shape index (κ1) is 22.2. The summed E-state index contributed by atoms with van der Waals surface area (Å²) in [5.41, 5.74) is 0.522. The van der Waals surface area contributed by atoms with E-state index in [4.69, 9.17) is 4.74 Å². The summed E-state index contributed by atoms with van der Waals surface area (Å²) in [6.07, 6.45) is 0.101. The van der Waals surface area contributed by atoms with Gasteiger partial charge in [-0.05, 0) is 45.4 Å². The van der Waals surface area contributed by atoms with Crippen molar-refractivity contribution in [1.82, 2.24) is 9.80 Å². The van der Waals surface area contributed by atoms with Gasteiger partial charge in [0.2, 0.25) is 5.91 Å². The minimum absolute atomic E-state index is 0.106. The molecular weight excluding hydrogens is 348 g/mol. The molecule has 0 atom stereocenters. The minimum Gasteiger partial charge on any atom is -0.444 e. The van der Waals surface area contributed by atoms with Crippen molar-refractivity contribution in [2.24, 2.45) is 0 Å². The maximum Gasteiger partial charge on any atom is 0.410 e. The van der Waals surface area contributed by atoms with Crippen LogP contribution in [0.2, 0.25) is 0 Å². The molecule has 0 bridgehead atoms. The SMILES string of the molecule is C=C(C)c1ccc(CC(=O)N2CCN(C(=O)OC(C)(C)C)CC2)s1.CC. The Hall–Kier alpha value is -1.82. The highest BCUT2D eigenvalue weighted by Gasteiger charge is 2.27. The molecular formula is C20H32N2O3S. The first-order chi connectivity index (χ1) is 12.2. The Morgan fingerprint density at radius 2 is 1.65 bits per heavy atom. The Labute approximate surface area is 161 Å². The van der Waals surface area contributed by atoms with Gasteiger partial charge in [0, 0.05) is 35.9 Å². The number of rotatable bonds is 3. The molecule has 2 rings (SSSR count). The number of amides is 2. The lowest BCUT2D eigenvalue weighted by Crippen LogP contribution is -2.51. The third kappa shape index (κ3) is 6.83. The molecule has 0 aliphatic carbocycles. The van der Waals surface area contributed by atoms with Crippen LogP contribution in [0.4, 0.5) is 4.79 Å². The number of nitrogens with zero attached hydrogens (tertiary/aromatic N) is 2. The topological polar surface area (TPSA) is 49.9 Å². The second-order valence-corrected chi connectivity index (χ2v) is 8.24. The van der Waals surface area contributed by atoms with Crippen LogP contribution in [0.5, 0.6) is 0 Å². The first-order valence-corrected chi connectivity index (χ1v) is 9.97. The van der Waals surface area contributed by atoms with E-state index in [2.05, 4.69) is 6.58 Å². The third-order valence-corrected chi connectivity index (χ3v) is 4.94. The number of ether oxygens (including phenoxy) is 1. The van der Waals surface area contributed by atoms with Crippen LogP contribution in [0.3, 0.4) is 0 Å². The van der Waals surface area contributed by atoms with Crippen molar-refractivity contribution in [3.63, 3.8) is 0 Å². The van der Waals surface area contributed by atoms with Crippen LogP contribution in [0, 0.1) is 0 Å². The van der Waals surface area contributed by atoms with Gasteiger partial charge in [0.25, 0.3) is 0 Å². The van der Waals surface area contributed by atoms with Crippen LogP contribution >= 0.6 is 11.3 Å². The fourth-order valence-electron chi connectivity index (χ4n) is 2.43. The summed E-state index contributed by atoms with van der Waals surface area (Å²) in [4.78, 5) is 30.1. The highest BCUT2D eigenvalue weighted by Crippen LogP contribution is 2.23. The summed E-state index contributed by atoms with van der Waals surface area (Å²) >= 11 is 1.61. The normalized spacial score (nSPS) is 14.4. The Balaban J connectivity index is 0.00000163. The molecule has 2 heterocycles. The van der Waals surface area contributed by atoms with E-state index in [1.807, 2.05) is 58.6 Å². The number of allylic oxidation sites excluding steroid dienone is 1. The number of piperazine rings is 1. The van der Waals surface area contributed by atoms with E-state index in [-0.39, 0.29) is 12.0 Å². The van der Waals surface area contributed by atoms with Crippen LogP contribution in [-0.4, -0.2) is 53.6 Å². The number of hydrogen-bond acceptors (Lipinski definition) is 4. The summed E-state index contributed by atoms with van der Waals surface area (Å²) in [7, 11) is 0. The number of hydrogen-bond donors (Lipinski definition) is 0. The van der Waals surface area contributed by atoms with E-state index < -0.39 is 5.60 Å². The average Bonchev–Trinajstić information content (AvgIpc) is 3.04. The zero-order chi connectivity index (χ0) is 19.9. The maximum atomic E-state index is 12.4. The molecule has 1 aliphatic rings. The Kier molecular flexibility index (Phi) is 8.34. The number of thiophene rings is 1. The summed E-state index contributed by atoms with van der Waals surface area (Å²) in [6.45, 7) is 17.6. The second-order valence-electron chi connectivity index (χ2n) is 7.07. The Bertz CT molecular complexity index is 623. The summed E-state index contributed by atoms with van der Waals surface area (Å²) in [5.74, 6) is 0.106. The molecule has 0 N–H and O–H groups in total. The molecule has 1 saturated heterocycles. The van der Waals surface area contributed by atoms with Gasteiger partial charge in [0.05, 0.1) is 6.42 Å². The molecule has 1 aromatic heterocycles. The molecule has 1 fully saturated rings. The highest BCUT2D eigenvalue weighted by atomic mass is 32.1. The van der Waals surface area contributed by atoms with Crippen molar-refractivity contribution < 1.29 is 14.3 Å². The average molecular weight is 381 g/mol. The van der Waals surface area contributed by atoms with E-state index >= 15 is 0 Å². The zero-order valence-corrected chi connectivity index (χ0v) is 17.7. The zero-order valence-electron chi connectivity index (χ0n) is 16.9. The van der Waals surface area contributed by atoms with E-state index in [0.717, 1.165) is 15.3 Å². The molecule has 0 spiro atoms. The van der Waals surface area contributed by atoms with Crippen molar-refractivity contribution in [2.45, 2.75) is 53.6 Å². The van der Waals surface area contributed by atoms with Crippen LogP contribution in [0.15, 0.2) is 18.7 Å². The fraction of sp³-hybridized carbons (Fsp3) is 0.600. The third-order valence-electron chi connectivity index (χ3n) is 3.69. The van der Waals surface area contributed by atoms with Gasteiger partial charge in [-0.25, -0.2) is 4.79 Å². The quantitative estimate of drug-likeness (QED) is 0.779. The van der Waals surface area contributed by atoms with Gasteiger partial charge in [-0.2, -0.15) is 0 Å². The molecule has 146 valence electrons. The minimum atomic E-state index is -0.496. The second kappa shape index (κ2) is 9.76. The lowest BCUT2D eigenvalue weighted by Gasteiger charge is -2.35. The maximum absolute atomic E-state index is 12.4. The van der Waals surface area contributed by atoms with Crippen LogP contribution in [0.25, 0.3) is 5.57 Å². The highest BCUT2D eigenvalue weighted by molar-refractivity contribution is 7.13. The standard InChI is InChI=1S/C18H26N2O3S.C2H6/c1-13(2)15-7-6-14(24-15)12-16(21)19-8-10-20(11-9-19)17(22)23-18(3,4)5;1-2/h6-7H,1,8-12H2,2-5H3;1-2H3. The van der Waals surface area contributed by atoms with Gasteiger partial charge >= 0.3 is 6.09 Å². The molecule has 0 saturated carbocycles. The molecule has 2 amide bonds. The lowest BCUT2D eigenvalue weighted by atomic mass is 10.2. The van der Waals surface area contributed by atoms with Gasteiger partial charge in [-0.1, -0.05) is 20.4 Å². The molecule has 0 unspecified atom stereocenters. The largest absolute Gasteiger partial charge is 0.444 e. The van der Waals surface area contributed by atoms with Crippen molar-refractivity contribution in [3.05, 3.63) is 28.5 Å². The summed E-state index contributed by atoms with van der Waals surface area (Å²) < 4.78 is 5.37. The smallest absolute Gasteiger partial charge is 0.410 e. The van der Waals surface area contributed by atoms with E-state index in [9.17, 15) is 9.59 Å². The molecule has 1 aliphatic heterocycles. The monoisotopic (exact) mass is 380 g/mol. The van der Waals surface area contributed by atoms with Crippen molar-refractivity contribution >= 4 is 28.9 Å². The molecule has 1 aromatic rings.